The molecule has 0 heterocycles. The molecular formula is C12H14Br2N2O3. The summed E-state index contributed by atoms with van der Waals surface area (Å²) >= 11 is 6.41. The quantitative estimate of drug-likeness (QED) is 0.593. The maximum atomic E-state index is 11.3. The minimum atomic E-state index is -0.624. The van der Waals surface area contributed by atoms with Gasteiger partial charge in [-0.1, -0.05) is 0 Å². The summed E-state index contributed by atoms with van der Waals surface area (Å²) in [6.07, 6.45) is 0.819. The fourth-order valence-electron chi connectivity index (χ4n) is 1.12. The lowest BCUT2D eigenvalue weighted by Gasteiger charge is -2.18. The van der Waals surface area contributed by atoms with Gasteiger partial charge in [-0.15, -0.1) is 0 Å². The Morgan fingerprint density at radius 1 is 1.37 bits per heavy atom. The molecule has 104 valence electrons. The van der Waals surface area contributed by atoms with Crippen molar-refractivity contribution in [2.75, 3.05) is 0 Å². The van der Waals surface area contributed by atoms with E-state index < -0.39 is 11.7 Å². The maximum Gasteiger partial charge on any atom is 0.428 e. The zero-order valence-corrected chi connectivity index (χ0v) is 13.9. The van der Waals surface area contributed by atoms with Gasteiger partial charge in [0, 0.05) is 0 Å². The minimum absolute atomic E-state index is 0.109. The van der Waals surface area contributed by atoms with Crippen molar-refractivity contribution in [1.29, 1.82) is 0 Å². The van der Waals surface area contributed by atoms with Crippen LogP contribution in [0.5, 0.6) is 5.75 Å². The first-order chi connectivity index (χ1) is 8.69. The van der Waals surface area contributed by atoms with Crippen LogP contribution in [0.1, 0.15) is 26.3 Å². The highest BCUT2D eigenvalue weighted by atomic mass is 79.9. The number of benzene rings is 1. The molecule has 0 bridgehead atoms. The Bertz CT molecular complexity index is 487. The topological polar surface area (TPSA) is 70.9 Å². The van der Waals surface area contributed by atoms with Gasteiger partial charge in [0.05, 0.1) is 15.2 Å². The van der Waals surface area contributed by atoms with Crippen LogP contribution in [0.25, 0.3) is 0 Å². The fraction of sp³-hybridized carbons (Fsp3) is 0.333. The standard InChI is InChI=1S/C12H14Br2N2O3/c1-12(2,3)19-11(18)16-15-6-7-4-8(13)10(17)9(14)5-7/h4-6,17H,1-3H3,(H,16,18)/b15-6+. The number of nitrogens with zero attached hydrogens (tertiary/aromatic N) is 1. The summed E-state index contributed by atoms with van der Waals surface area (Å²) < 4.78 is 6.08. The third-order valence-electron chi connectivity index (χ3n) is 1.81. The Morgan fingerprint density at radius 2 is 1.89 bits per heavy atom. The first-order valence-corrected chi connectivity index (χ1v) is 6.98. The molecule has 1 aromatic rings. The molecule has 19 heavy (non-hydrogen) atoms. The molecule has 0 fully saturated rings. The van der Waals surface area contributed by atoms with Gasteiger partial charge in [-0.2, -0.15) is 5.10 Å². The lowest BCUT2D eigenvalue weighted by Crippen LogP contribution is -2.29. The van der Waals surface area contributed by atoms with Gasteiger partial charge in [0.25, 0.3) is 0 Å². The van der Waals surface area contributed by atoms with Gasteiger partial charge in [-0.3, -0.25) is 0 Å². The second-order valence-corrected chi connectivity index (χ2v) is 6.41. The largest absolute Gasteiger partial charge is 0.506 e. The molecule has 0 unspecified atom stereocenters. The van der Waals surface area contributed by atoms with Crippen molar-refractivity contribution in [3.05, 3.63) is 26.6 Å². The number of hydrazone groups is 1. The number of aromatic hydroxyl groups is 1. The van der Waals surface area contributed by atoms with Crippen molar-refractivity contribution in [2.24, 2.45) is 5.10 Å². The van der Waals surface area contributed by atoms with Crippen molar-refractivity contribution in [3.63, 3.8) is 0 Å². The van der Waals surface area contributed by atoms with Gasteiger partial charge >= 0.3 is 6.09 Å². The molecular weight excluding hydrogens is 380 g/mol. The van der Waals surface area contributed by atoms with E-state index in [9.17, 15) is 9.90 Å². The third-order valence-corrected chi connectivity index (χ3v) is 3.02. The number of carbonyl (C=O) groups excluding carboxylic acids is 1. The summed E-state index contributed by atoms with van der Waals surface area (Å²) in [6.45, 7) is 5.31. The average molecular weight is 394 g/mol. The molecule has 2 N–H and O–H groups in total. The molecule has 0 aliphatic rings. The molecule has 1 rings (SSSR count). The summed E-state index contributed by atoms with van der Waals surface area (Å²) in [6, 6.07) is 3.33. The van der Waals surface area contributed by atoms with Crippen molar-refractivity contribution in [2.45, 2.75) is 26.4 Å². The number of ether oxygens (including phenoxy) is 1. The van der Waals surface area contributed by atoms with Crippen LogP contribution in [0.4, 0.5) is 4.79 Å². The van der Waals surface area contributed by atoms with E-state index in [2.05, 4.69) is 42.4 Å². The molecule has 0 aliphatic carbocycles. The molecule has 0 atom stereocenters. The number of nitrogens with one attached hydrogen (secondary N) is 1. The van der Waals surface area contributed by atoms with Crippen molar-refractivity contribution >= 4 is 44.2 Å². The van der Waals surface area contributed by atoms with Gasteiger partial charge in [-0.25, -0.2) is 10.2 Å². The van der Waals surface area contributed by atoms with Gasteiger partial charge in [-0.05, 0) is 70.3 Å². The molecule has 0 saturated carbocycles. The summed E-state index contributed by atoms with van der Waals surface area (Å²) in [5.74, 6) is 0.109. The summed E-state index contributed by atoms with van der Waals surface area (Å²) in [5, 5.41) is 13.3. The van der Waals surface area contributed by atoms with E-state index in [4.69, 9.17) is 4.74 Å². The van der Waals surface area contributed by atoms with Crippen LogP contribution in [0.15, 0.2) is 26.2 Å². The second-order valence-electron chi connectivity index (χ2n) is 4.71. The third kappa shape index (κ3) is 5.61. The normalized spacial score (nSPS) is 11.6. The van der Waals surface area contributed by atoms with E-state index in [-0.39, 0.29) is 5.75 Å². The SMILES string of the molecule is CC(C)(C)OC(=O)N/N=C/c1cc(Br)c(O)c(Br)c1. The molecule has 1 aromatic carbocycles. The zero-order chi connectivity index (χ0) is 14.6. The second kappa shape index (κ2) is 6.38. The Morgan fingerprint density at radius 3 is 2.37 bits per heavy atom. The van der Waals surface area contributed by atoms with Crippen LogP contribution in [-0.4, -0.2) is 23.0 Å². The number of amides is 1. The van der Waals surface area contributed by atoms with E-state index in [1.54, 1.807) is 32.9 Å². The Hall–Kier alpha value is -1.08. The van der Waals surface area contributed by atoms with Crippen LogP contribution < -0.4 is 5.43 Å². The van der Waals surface area contributed by atoms with Crippen molar-refractivity contribution in [3.8, 4) is 5.75 Å². The molecule has 0 saturated heterocycles. The van der Waals surface area contributed by atoms with Gasteiger partial charge in [0.15, 0.2) is 0 Å². The van der Waals surface area contributed by atoms with Crippen LogP contribution >= 0.6 is 31.9 Å². The van der Waals surface area contributed by atoms with E-state index in [1.807, 2.05) is 0 Å². The molecule has 1 amide bonds. The summed E-state index contributed by atoms with van der Waals surface area (Å²) in [5.41, 5.74) is 2.39. The van der Waals surface area contributed by atoms with E-state index >= 15 is 0 Å². The van der Waals surface area contributed by atoms with Crippen molar-refractivity contribution < 1.29 is 14.6 Å². The number of hydrogen-bond acceptors (Lipinski definition) is 4. The number of carbonyl (C=O) groups is 1. The molecule has 0 aliphatic heterocycles. The zero-order valence-electron chi connectivity index (χ0n) is 10.7. The number of phenols is 1. The Kier molecular flexibility index (Phi) is 5.37. The van der Waals surface area contributed by atoms with Gasteiger partial charge in [0.1, 0.15) is 11.4 Å². The highest BCUT2D eigenvalue weighted by Gasteiger charge is 2.15. The highest BCUT2D eigenvalue weighted by molar-refractivity contribution is 9.11. The predicted octanol–water partition coefficient (Wildman–Crippen LogP) is 3.78. The predicted molar refractivity (Wildman–Crippen MR) is 80.5 cm³/mol. The maximum absolute atomic E-state index is 11.3. The van der Waals surface area contributed by atoms with Gasteiger partial charge in [0.2, 0.25) is 0 Å². The molecule has 5 nitrogen and oxygen atoms in total. The van der Waals surface area contributed by atoms with E-state index in [0.717, 1.165) is 0 Å². The van der Waals surface area contributed by atoms with Crippen LogP contribution in [0.3, 0.4) is 0 Å². The van der Waals surface area contributed by atoms with E-state index in [0.29, 0.717) is 14.5 Å². The molecule has 0 aromatic heterocycles. The number of rotatable bonds is 2. The van der Waals surface area contributed by atoms with Crippen LogP contribution in [-0.2, 0) is 4.74 Å². The molecule has 0 radical (unpaired) electrons. The van der Waals surface area contributed by atoms with Crippen LogP contribution in [0.2, 0.25) is 0 Å². The minimum Gasteiger partial charge on any atom is -0.506 e. The summed E-state index contributed by atoms with van der Waals surface area (Å²) in [7, 11) is 0. The lowest BCUT2D eigenvalue weighted by molar-refractivity contribution is 0.0529. The van der Waals surface area contributed by atoms with Crippen LogP contribution in [0, 0.1) is 0 Å². The highest BCUT2D eigenvalue weighted by Crippen LogP contribution is 2.32. The van der Waals surface area contributed by atoms with Gasteiger partial charge < -0.3 is 9.84 Å². The first-order valence-electron chi connectivity index (χ1n) is 5.39. The Labute approximate surface area is 128 Å². The monoisotopic (exact) mass is 392 g/mol. The number of hydrogen-bond donors (Lipinski definition) is 2. The molecule has 0 spiro atoms. The first kappa shape index (κ1) is 16.0. The van der Waals surface area contributed by atoms with E-state index in [1.165, 1.54) is 6.21 Å². The molecule has 7 heteroatoms. The number of halogens is 2. The Balaban J connectivity index is 2.66. The number of phenolic OH excluding ortho intramolecular Hbond substituents is 1. The fourth-order valence-corrected chi connectivity index (χ4v) is 2.34. The average Bonchev–Trinajstić information content (AvgIpc) is 2.23. The smallest absolute Gasteiger partial charge is 0.428 e. The van der Waals surface area contributed by atoms with Crippen molar-refractivity contribution in [1.82, 2.24) is 5.43 Å². The summed E-state index contributed by atoms with van der Waals surface area (Å²) in [4.78, 5) is 11.3. The lowest BCUT2D eigenvalue weighted by atomic mass is 10.2.